The Morgan fingerprint density at radius 3 is 1.31 bits per heavy atom. The molecule has 6 nitrogen and oxygen atoms in total. The van der Waals surface area contributed by atoms with Gasteiger partial charge in [-0.1, -0.05) is 261 Å². The monoisotopic (exact) mass is 868 g/mol. The van der Waals surface area contributed by atoms with Gasteiger partial charge >= 0.3 is 5.97 Å². The number of aliphatic hydroxyl groups excluding tert-OH is 2. The van der Waals surface area contributed by atoms with E-state index in [9.17, 15) is 19.8 Å². The standard InChI is InChI=1S/C56H101NO5/c1-4-7-10-13-16-19-22-25-27-30-32-35-38-41-44-47-52(62-56(61)49-46-43-40-37-34-31-28-26-23-20-17-14-11-8-5-2)50-55(60)57-53(51-58)54(59)48-45-42-39-36-33-29-24-21-18-15-12-9-6-3/h8,11,14,17,20,23,26,28,31,34,52-54,58-59H,4-7,9-10,12-13,15-16,18-19,21-22,24-25,27,29-30,32-33,35-51H2,1-3H3,(H,57,60)/b11-8+,17-14+,23-20-,28-26-,34-31+. The Hall–Kier alpha value is -2.44. The zero-order valence-electron chi connectivity index (χ0n) is 41.0. The van der Waals surface area contributed by atoms with Crippen LogP contribution in [0.1, 0.15) is 258 Å². The van der Waals surface area contributed by atoms with Gasteiger partial charge in [-0.2, -0.15) is 0 Å². The van der Waals surface area contributed by atoms with Crippen LogP contribution in [0.4, 0.5) is 0 Å². The van der Waals surface area contributed by atoms with Crippen molar-refractivity contribution < 1.29 is 24.5 Å². The van der Waals surface area contributed by atoms with Crippen molar-refractivity contribution >= 4 is 11.9 Å². The molecule has 0 aliphatic heterocycles. The zero-order chi connectivity index (χ0) is 45.2. The average Bonchev–Trinajstić information content (AvgIpc) is 3.26. The molecule has 0 aliphatic carbocycles. The van der Waals surface area contributed by atoms with Crippen molar-refractivity contribution in [2.45, 2.75) is 277 Å². The average molecular weight is 868 g/mol. The first-order valence-corrected chi connectivity index (χ1v) is 26.6. The van der Waals surface area contributed by atoms with Crippen LogP contribution in [0.5, 0.6) is 0 Å². The normalized spacial score (nSPS) is 13.7. The molecule has 0 radical (unpaired) electrons. The van der Waals surface area contributed by atoms with E-state index in [1.54, 1.807) is 0 Å². The third-order valence-electron chi connectivity index (χ3n) is 12.0. The smallest absolute Gasteiger partial charge is 0.306 e. The van der Waals surface area contributed by atoms with Gasteiger partial charge in [0, 0.05) is 6.42 Å². The van der Waals surface area contributed by atoms with Crippen LogP contribution < -0.4 is 5.32 Å². The third-order valence-corrected chi connectivity index (χ3v) is 12.0. The maximum absolute atomic E-state index is 13.2. The molecule has 0 heterocycles. The molecule has 0 rings (SSSR count). The lowest BCUT2D eigenvalue weighted by Crippen LogP contribution is -2.46. The van der Waals surface area contributed by atoms with E-state index < -0.39 is 18.2 Å². The first-order chi connectivity index (χ1) is 30.5. The molecule has 6 heteroatoms. The summed E-state index contributed by atoms with van der Waals surface area (Å²) in [6.07, 6.45) is 61.3. The van der Waals surface area contributed by atoms with Gasteiger partial charge in [0.15, 0.2) is 0 Å². The molecular weight excluding hydrogens is 767 g/mol. The molecule has 0 bridgehead atoms. The highest BCUT2D eigenvalue weighted by Gasteiger charge is 2.24. The number of unbranched alkanes of at least 4 members (excludes halogenated alkanes) is 29. The van der Waals surface area contributed by atoms with Gasteiger partial charge in [-0.15, -0.1) is 0 Å². The summed E-state index contributed by atoms with van der Waals surface area (Å²) in [7, 11) is 0. The molecule has 0 aromatic carbocycles. The molecule has 0 saturated carbocycles. The van der Waals surface area contributed by atoms with Gasteiger partial charge in [-0.05, 0) is 44.9 Å². The lowest BCUT2D eigenvalue weighted by Gasteiger charge is -2.24. The van der Waals surface area contributed by atoms with Gasteiger partial charge in [0.05, 0.1) is 25.2 Å². The molecule has 0 saturated heterocycles. The molecule has 3 unspecified atom stereocenters. The van der Waals surface area contributed by atoms with Crippen LogP contribution in [0.25, 0.3) is 0 Å². The van der Waals surface area contributed by atoms with Gasteiger partial charge in [0.25, 0.3) is 0 Å². The number of ether oxygens (including phenoxy) is 1. The molecule has 1 amide bonds. The third kappa shape index (κ3) is 44.2. The van der Waals surface area contributed by atoms with Crippen LogP contribution >= 0.6 is 0 Å². The molecule has 62 heavy (non-hydrogen) atoms. The summed E-state index contributed by atoms with van der Waals surface area (Å²) in [5.41, 5.74) is 0. The van der Waals surface area contributed by atoms with Crippen LogP contribution in [-0.2, 0) is 14.3 Å². The van der Waals surface area contributed by atoms with Crippen LogP contribution in [0.2, 0.25) is 0 Å². The predicted molar refractivity (Wildman–Crippen MR) is 268 cm³/mol. The van der Waals surface area contributed by atoms with E-state index in [1.807, 2.05) is 36.5 Å². The Labute approximate surface area is 384 Å². The maximum Gasteiger partial charge on any atom is 0.306 e. The fraction of sp³-hybridized carbons (Fsp3) is 0.786. The second-order valence-electron chi connectivity index (χ2n) is 18.0. The number of hydrogen-bond donors (Lipinski definition) is 3. The Kier molecular flexibility index (Phi) is 47.6. The molecule has 3 N–H and O–H groups in total. The minimum Gasteiger partial charge on any atom is -0.462 e. The minimum absolute atomic E-state index is 0.0615. The van der Waals surface area contributed by atoms with Gasteiger partial charge in [-0.25, -0.2) is 0 Å². The quantitative estimate of drug-likeness (QED) is 0.0322. The first kappa shape index (κ1) is 59.6. The Bertz CT molecular complexity index is 1110. The Balaban J connectivity index is 4.64. The lowest BCUT2D eigenvalue weighted by molar-refractivity contribution is -0.151. The minimum atomic E-state index is -0.795. The topological polar surface area (TPSA) is 95.9 Å². The fourth-order valence-electron chi connectivity index (χ4n) is 7.98. The van der Waals surface area contributed by atoms with Crippen molar-refractivity contribution in [3.8, 4) is 0 Å². The van der Waals surface area contributed by atoms with Gasteiger partial charge < -0.3 is 20.3 Å². The second-order valence-corrected chi connectivity index (χ2v) is 18.0. The van der Waals surface area contributed by atoms with Crippen molar-refractivity contribution in [1.82, 2.24) is 5.32 Å². The van der Waals surface area contributed by atoms with Crippen molar-refractivity contribution in [3.05, 3.63) is 60.8 Å². The van der Waals surface area contributed by atoms with Crippen molar-refractivity contribution in [2.24, 2.45) is 0 Å². The summed E-state index contributed by atoms with van der Waals surface area (Å²) in [6.45, 7) is 6.35. The highest BCUT2D eigenvalue weighted by molar-refractivity contribution is 5.77. The van der Waals surface area contributed by atoms with E-state index in [0.29, 0.717) is 19.3 Å². The van der Waals surface area contributed by atoms with E-state index in [1.165, 1.54) is 141 Å². The molecule has 0 aromatic heterocycles. The van der Waals surface area contributed by atoms with E-state index >= 15 is 0 Å². The van der Waals surface area contributed by atoms with E-state index in [4.69, 9.17) is 4.74 Å². The number of amides is 1. The molecule has 3 atom stereocenters. The van der Waals surface area contributed by atoms with Gasteiger partial charge in [-0.3, -0.25) is 9.59 Å². The number of carbonyl (C=O) groups is 2. The molecule has 360 valence electrons. The molecule has 0 spiro atoms. The Morgan fingerprint density at radius 2 is 0.871 bits per heavy atom. The number of esters is 1. The van der Waals surface area contributed by atoms with Gasteiger partial charge in [0.1, 0.15) is 6.10 Å². The zero-order valence-corrected chi connectivity index (χ0v) is 41.0. The summed E-state index contributed by atoms with van der Waals surface area (Å²) >= 11 is 0. The molecular formula is C56H101NO5. The summed E-state index contributed by atoms with van der Waals surface area (Å²) in [5.74, 6) is -0.515. The largest absolute Gasteiger partial charge is 0.462 e. The highest BCUT2D eigenvalue weighted by Crippen LogP contribution is 2.18. The van der Waals surface area contributed by atoms with Crippen LogP contribution in [0, 0.1) is 0 Å². The van der Waals surface area contributed by atoms with Crippen LogP contribution in [0.3, 0.4) is 0 Å². The number of aliphatic hydroxyl groups is 2. The van der Waals surface area contributed by atoms with Crippen LogP contribution in [-0.4, -0.2) is 46.9 Å². The summed E-state index contributed by atoms with van der Waals surface area (Å²) in [4.78, 5) is 26.2. The number of rotatable bonds is 47. The predicted octanol–water partition coefficient (Wildman–Crippen LogP) is 16.0. The van der Waals surface area contributed by atoms with E-state index in [0.717, 1.165) is 70.6 Å². The fourth-order valence-corrected chi connectivity index (χ4v) is 7.98. The Morgan fingerprint density at radius 1 is 0.484 bits per heavy atom. The van der Waals surface area contributed by atoms with E-state index in [2.05, 4.69) is 50.4 Å². The lowest BCUT2D eigenvalue weighted by atomic mass is 10.0. The van der Waals surface area contributed by atoms with Crippen LogP contribution in [0.15, 0.2) is 60.8 Å². The SMILES string of the molecule is CC/C=C/C=C/C=C\C=C/C=C/CCCCCC(=O)OC(CCCCCCCCCCCCCCCCC)CC(=O)NC(CO)C(O)CCCCCCCCCCCCCCC. The maximum atomic E-state index is 13.2. The number of hydrogen-bond acceptors (Lipinski definition) is 5. The second kappa shape index (κ2) is 49.6. The summed E-state index contributed by atoms with van der Waals surface area (Å²) < 4.78 is 5.93. The highest BCUT2D eigenvalue weighted by atomic mass is 16.5. The van der Waals surface area contributed by atoms with Gasteiger partial charge in [0.2, 0.25) is 5.91 Å². The van der Waals surface area contributed by atoms with Crippen molar-refractivity contribution in [2.75, 3.05) is 6.61 Å². The summed E-state index contributed by atoms with van der Waals surface area (Å²) in [6, 6.07) is -0.710. The molecule has 0 fully saturated rings. The number of allylic oxidation sites excluding steroid dienone is 10. The number of nitrogens with one attached hydrogen (secondary N) is 1. The number of carbonyl (C=O) groups excluding carboxylic acids is 2. The molecule has 0 aliphatic rings. The summed E-state index contributed by atoms with van der Waals surface area (Å²) in [5, 5.41) is 23.8. The molecule has 0 aromatic rings. The first-order valence-electron chi connectivity index (χ1n) is 26.6. The van der Waals surface area contributed by atoms with E-state index in [-0.39, 0.29) is 24.9 Å². The van der Waals surface area contributed by atoms with Crippen molar-refractivity contribution in [3.63, 3.8) is 0 Å². The van der Waals surface area contributed by atoms with Crippen molar-refractivity contribution in [1.29, 1.82) is 0 Å².